The van der Waals surface area contributed by atoms with Gasteiger partial charge in [-0.25, -0.2) is 4.79 Å². The first kappa shape index (κ1) is 15.1. The summed E-state index contributed by atoms with van der Waals surface area (Å²) < 4.78 is 5.58. The molecular formula is C13H23N3O4. The van der Waals surface area contributed by atoms with Gasteiger partial charge in [-0.1, -0.05) is 0 Å². The summed E-state index contributed by atoms with van der Waals surface area (Å²) in [5.41, 5.74) is 0. The summed E-state index contributed by atoms with van der Waals surface area (Å²) >= 11 is 0. The summed E-state index contributed by atoms with van der Waals surface area (Å²) in [5.74, 6) is -1.07. The third-order valence-electron chi connectivity index (χ3n) is 3.95. The van der Waals surface area contributed by atoms with Crippen molar-refractivity contribution in [3.63, 3.8) is 0 Å². The summed E-state index contributed by atoms with van der Waals surface area (Å²) in [6.45, 7) is 3.96. The molecule has 2 fully saturated rings. The van der Waals surface area contributed by atoms with Crippen LogP contribution >= 0.6 is 0 Å². The number of carboxylic acids is 1. The lowest BCUT2D eigenvalue weighted by molar-refractivity contribution is -0.143. The number of morpholine rings is 1. The number of carbonyl (C=O) groups excluding carboxylic acids is 1. The van der Waals surface area contributed by atoms with Crippen LogP contribution in [0.3, 0.4) is 0 Å². The molecule has 0 aromatic heterocycles. The summed E-state index contributed by atoms with van der Waals surface area (Å²) in [4.78, 5) is 26.7. The predicted octanol–water partition coefficient (Wildman–Crippen LogP) is -0.177. The molecule has 0 aliphatic carbocycles. The molecule has 1 atom stereocenters. The van der Waals surface area contributed by atoms with Gasteiger partial charge in [0.15, 0.2) is 0 Å². The number of carboxylic acid groups (broad SMARTS) is 1. The van der Waals surface area contributed by atoms with Gasteiger partial charge >= 0.3 is 12.0 Å². The first-order chi connectivity index (χ1) is 9.56. The van der Waals surface area contributed by atoms with E-state index in [-0.39, 0.29) is 18.1 Å². The van der Waals surface area contributed by atoms with E-state index in [1.807, 2.05) is 7.05 Å². The number of nitrogens with one attached hydrogen (secondary N) is 1. The van der Waals surface area contributed by atoms with Crippen molar-refractivity contribution in [2.45, 2.75) is 18.9 Å². The number of nitrogens with zero attached hydrogens (tertiary/aromatic N) is 2. The van der Waals surface area contributed by atoms with Crippen LogP contribution in [0.2, 0.25) is 0 Å². The summed E-state index contributed by atoms with van der Waals surface area (Å²) in [6, 6.07) is -0.120. The second-order valence-electron chi connectivity index (χ2n) is 5.54. The average Bonchev–Trinajstić information content (AvgIpc) is 2.45. The fraction of sp³-hybridized carbons (Fsp3) is 0.846. The van der Waals surface area contributed by atoms with Crippen LogP contribution < -0.4 is 5.32 Å². The van der Waals surface area contributed by atoms with Gasteiger partial charge in [-0.15, -0.1) is 0 Å². The number of hydrogen-bond acceptors (Lipinski definition) is 4. The number of urea groups is 1. The van der Waals surface area contributed by atoms with Crippen molar-refractivity contribution in [2.75, 3.05) is 46.4 Å². The quantitative estimate of drug-likeness (QED) is 0.752. The standard InChI is InChI=1S/C13H23N3O4/c1-15-6-7-20-11(9-15)8-14-13(19)16-4-2-10(3-5-16)12(17)18/h10-11H,2-9H2,1H3,(H,14,19)(H,17,18). The molecule has 7 heteroatoms. The Labute approximate surface area is 118 Å². The molecule has 0 aromatic carbocycles. The number of hydrogen-bond donors (Lipinski definition) is 2. The molecule has 2 aliphatic rings. The molecule has 0 saturated carbocycles. The summed E-state index contributed by atoms with van der Waals surface area (Å²) in [7, 11) is 2.04. The van der Waals surface area contributed by atoms with Crippen molar-refractivity contribution in [1.29, 1.82) is 0 Å². The van der Waals surface area contributed by atoms with E-state index in [2.05, 4.69) is 10.2 Å². The normalized spacial score (nSPS) is 25.4. The molecule has 0 spiro atoms. The molecule has 2 aliphatic heterocycles. The zero-order valence-corrected chi connectivity index (χ0v) is 11.9. The van der Waals surface area contributed by atoms with E-state index in [1.165, 1.54) is 0 Å². The van der Waals surface area contributed by atoms with Crippen LogP contribution in [0.4, 0.5) is 4.79 Å². The Morgan fingerprint density at radius 3 is 2.60 bits per heavy atom. The lowest BCUT2D eigenvalue weighted by Crippen LogP contribution is -2.50. The molecule has 2 rings (SSSR count). The maximum absolute atomic E-state index is 12.0. The van der Waals surface area contributed by atoms with Crippen molar-refractivity contribution < 1.29 is 19.4 Å². The highest BCUT2D eigenvalue weighted by molar-refractivity contribution is 5.75. The molecule has 20 heavy (non-hydrogen) atoms. The van der Waals surface area contributed by atoms with Crippen LogP contribution in [0.1, 0.15) is 12.8 Å². The number of likely N-dealkylation sites (N-methyl/N-ethyl adjacent to an activating group) is 1. The number of ether oxygens (including phenoxy) is 1. The Kier molecular flexibility index (Phi) is 5.19. The van der Waals surface area contributed by atoms with Gasteiger partial charge in [-0.05, 0) is 19.9 Å². The highest BCUT2D eigenvalue weighted by Crippen LogP contribution is 2.17. The molecule has 2 saturated heterocycles. The minimum atomic E-state index is -0.760. The Bertz CT molecular complexity index is 356. The van der Waals surface area contributed by atoms with Gasteiger partial charge in [0.2, 0.25) is 0 Å². The van der Waals surface area contributed by atoms with Crippen molar-refractivity contribution in [3.8, 4) is 0 Å². The zero-order valence-electron chi connectivity index (χ0n) is 11.9. The first-order valence-electron chi connectivity index (χ1n) is 7.12. The number of amides is 2. The second-order valence-corrected chi connectivity index (χ2v) is 5.54. The molecule has 0 aromatic rings. The minimum absolute atomic E-state index is 0.0364. The molecule has 114 valence electrons. The van der Waals surface area contributed by atoms with Crippen LogP contribution in [0.25, 0.3) is 0 Å². The predicted molar refractivity (Wildman–Crippen MR) is 72.6 cm³/mol. The smallest absolute Gasteiger partial charge is 0.317 e. The topological polar surface area (TPSA) is 82.1 Å². The lowest BCUT2D eigenvalue weighted by Gasteiger charge is -2.32. The lowest BCUT2D eigenvalue weighted by atomic mass is 9.97. The summed E-state index contributed by atoms with van der Waals surface area (Å²) in [6.07, 6.45) is 1.10. The van der Waals surface area contributed by atoms with E-state index in [0.717, 1.165) is 13.1 Å². The van der Waals surface area contributed by atoms with E-state index in [4.69, 9.17) is 9.84 Å². The highest BCUT2D eigenvalue weighted by atomic mass is 16.5. The zero-order chi connectivity index (χ0) is 14.5. The fourth-order valence-electron chi connectivity index (χ4n) is 2.63. The number of carbonyl (C=O) groups is 2. The third-order valence-corrected chi connectivity index (χ3v) is 3.95. The van der Waals surface area contributed by atoms with Crippen LogP contribution in [-0.2, 0) is 9.53 Å². The molecule has 2 heterocycles. The Morgan fingerprint density at radius 2 is 2.00 bits per heavy atom. The number of likely N-dealkylation sites (tertiary alicyclic amines) is 1. The van der Waals surface area contributed by atoms with E-state index in [9.17, 15) is 9.59 Å². The van der Waals surface area contributed by atoms with Crippen LogP contribution in [0, 0.1) is 5.92 Å². The fourth-order valence-corrected chi connectivity index (χ4v) is 2.63. The monoisotopic (exact) mass is 285 g/mol. The van der Waals surface area contributed by atoms with Crippen LogP contribution in [0.15, 0.2) is 0 Å². The minimum Gasteiger partial charge on any atom is -0.481 e. The molecule has 7 nitrogen and oxygen atoms in total. The van der Waals surface area contributed by atoms with E-state index in [1.54, 1.807) is 4.90 Å². The Balaban J connectivity index is 1.69. The van der Waals surface area contributed by atoms with Gasteiger partial charge in [-0.2, -0.15) is 0 Å². The van der Waals surface area contributed by atoms with Gasteiger partial charge in [0.25, 0.3) is 0 Å². The molecule has 1 unspecified atom stereocenters. The molecule has 0 bridgehead atoms. The third kappa shape index (κ3) is 4.08. The molecular weight excluding hydrogens is 262 g/mol. The number of aliphatic carboxylic acids is 1. The first-order valence-corrected chi connectivity index (χ1v) is 7.12. The van der Waals surface area contributed by atoms with Crippen LogP contribution in [-0.4, -0.2) is 79.4 Å². The van der Waals surface area contributed by atoms with E-state index in [0.29, 0.717) is 39.1 Å². The summed E-state index contributed by atoms with van der Waals surface area (Å²) in [5, 5.41) is 11.8. The van der Waals surface area contributed by atoms with Crippen LogP contribution in [0.5, 0.6) is 0 Å². The highest BCUT2D eigenvalue weighted by Gasteiger charge is 2.27. The number of piperidine rings is 1. The van der Waals surface area contributed by atoms with E-state index < -0.39 is 5.97 Å². The maximum atomic E-state index is 12.0. The van der Waals surface area contributed by atoms with Gasteiger partial charge in [0.05, 0.1) is 18.6 Å². The van der Waals surface area contributed by atoms with E-state index >= 15 is 0 Å². The van der Waals surface area contributed by atoms with Gasteiger partial charge < -0.3 is 25.0 Å². The molecule has 2 N–H and O–H groups in total. The van der Waals surface area contributed by atoms with Crippen molar-refractivity contribution >= 4 is 12.0 Å². The SMILES string of the molecule is CN1CCOC(CNC(=O)N2CCC(C(=O)O)CC2)C1. The van der Waals surface area contributed by atoms with Gasteiger partial charge in [0.1, 0.15) is 0 Å². The Morgan fingerprint density at radius 1 is 1.30 bits per heavy atom. The average molecular weight is 285 g/mol. The molecule has 0 radical (unpaired) electrons. The molecule has 2 amide bonds. The van der Waals surface area contributed by atoms with Crippen molar-refractivity contribution in [3.05, 3.63) is 0 Å². The maximum Gasteiger partial charge on any atom is 0.317 e. The van der Waals surface area contributed by atoms with Gasteiger partial charge in [0, 0.05) is 32.7 Å². The van der Waals surface area contributed by atoms with Gasteiger partial charge in [-0.3, -0.25) is 4.79 Å². The van der Waals surface area contributed by atoms with Crippen molar-refractivity contribution in [1.82, 2.24) is 15.1 Å². The largest absolute Gasteiger partial charge is 0.481 e. The van der Waals surface area contributed by atoms with Crippen molar-refractivity contribution in [2.24, 2.45) is 5.92 Å². The number of rotatable bonds is 3. The Hall–Kier alpha value is -1.34. The second kappa shape index (κ2) is 6.90.